The highest BCUT2D eigenvalue weighted by Gasteiger charge is 1.85. The molecule has 0 amide bonds. The van der Waals surface area contributed by atoms with E-state index < -0.39 is 6.10 Å². The Bertz CT molecular complexity index is 170. The van der Waals surface area contributed by atoms with Gasteiger partial charge in [-0.1, -0.05) is 24.7 Å². The maximum atomic E-state index is 8.74. The number of terminal acetylenes is 1. The molecule has 0 saturated heterocycles. The third-order valence-electron chi connectivity index (χ3n) is 0.775. The first-order valence-corrected chi connectivity index (χ1v) is 4.17. The van der Waals surface area contributed by atoms with Gasteiger partial charge in [-0.25, -0.2) is 0 Å². The molecule has 0 heterocycles. The molecule has 0 spiro atoms. The summed E-state index contributed by atoms with van der Waals surface area (Å²) in [6.45, 7) is 2.06. The molecule has 0 rings (SSSR count). The van der Waals surface area contributed by atoms with Gasteiger partial charge in [0.15, 0.2) is 6.10 Å². The van der Waals surface area contributed by atoms with Crippen molar-refractivity contribution >= 4 is 11.8 Å². The fraction of sp³-hybridized carbons (Fsp3) is 0.500. The maximum absolute atomic E-state index is 8.74. The molecule has 1 nitrogen and oxygen atoms in total. The highest BCUT2D eigenvalue weighted by Crippen LogP contribution is 1.94. The van der Waals surface area contributed by atoms with Crippen molar-refractivity contribution in [2.45, 2.75) is 13.0 Å². The van der Waals surface area contributed by atoms with Gasteiger partial charge in [0.05, 0.1) is 5.75 Å². The quantitative estimate of drug-likeness (QED) is 0.467. The van der Waals surface area contributed by atoms with Gasteiger partial charge in [0.25, 0.3) is 0 Å². The van der Waals surface area contributed by atoms with Crippen LogP contribution in [0.5, 0.6) is 0 Å². The van der Waals surface area contributed by atoms with E-state index >= 15 is 0 Å². The summed E-state index contributed by atoms with van der Waals surface area (Å²) in [5, 5.41) is 8.74. The molecule has 0 radical (unpaired) electrons. The van der Waals surface area contributed by atoms with E-state index in [0.29, 0.717) is 0 Å². The molecule has 0 aliphatic carbocycles. The summed E-state index contributed by atoms with van der Waals surface area (Å²) in [6, 6.07) is 0. The normalized spacial score (nSPS) is 10.9. The van der Waals surface area contributed by atoms with E-state index in [1.165, 1.54) is 0 Å². The zero-order valence-electron chi connectivity index (χ0n) is 5.92. The lowest BCUT2D eigenvalue weighted by Gasteiger charge is -1.87. The highest BCUT2D eigenvalue weighted by molar-refractivity contribution is 7.99. The molecule has 0 bridgehead atoms. The summed E-state index contributed by atoms with van der Waals surface area (Å²) in [6.07, 6.45) is 3.99. The van der Waals surface area contributed by atoms with E-state index in [0.717, 1.165) is 11.5 Å². The first-order valence-electron chi connectivity index (χ1n) is 3.01. The van der Waals surface area contributed by atoms with Gasteiger partial charge in [-0.3, -0.25) is 0 Å². The van der Waals surface area contributed by atoms with Crippen LogP contribution in [-0.4, -0.2) is 22.7 Å². The minimum Gasteiger partial charge on any atom is -0.369 e. The van der Waals surface area contributed by atoms with Crippen molar-refractivity contribution < 1.29 is 5.11 Å². The summed E-state index contributed by atoms with van der Waals surface area (Å²) < 4.78 is 0. The van der Waals surface area contributed by atoms with Gasteiger partial charge in [0.2, 0.25) is 0 Å². The molecular formula is C8H10OS. The Morgan fingerprint density at radius 2 is 2.40 bits per heavy atom. The zero-order chi connectivity index (χ0) is 7.82. The van der Waals surface area contributed by atoms with Gasteiger partial charge < -0.3 is 5.11 Å². The van der Waals surface area contributed by atoms with Crippen LogP contribution in [0.4, 0.5) is 0 Å². The first kappa shape index (κ1) is 9.43. The molecule has 0 saturated carbocycles. The standard InChI is InChI=1S/C8H10OS/c1-3-8(9)6-5-7-10-4-2/h1,8-9H,4,7H2,2H3. The molecule has 0 aromatic heterocycles. The molecule has 10 heavy (non-hydrogen) atoms. The summed E-state index contributed by atoms with van der Waals surface area (Å²) in [7, 11) is 0. The lowest BCUT2D eigenvalue weighted by atomic mass is 10.4. The van der Waals surface area contributed by atoms with Crippen LogP contribution in [0.2, 0.25) is 0 Å². The Balaban J connectivity index is 3.41. The van der Waals surface area contributed by atoms with Crippen molar-refractivity contribution in [2.75, 3.05) is 11.5 Å². The highest BCUT2D eigenvalue weighted by atomic mass is 32.2. The van der Waals surface area contributed by atoms with E-state index in [9.17, 15) is 0 Å². The molecule has 1 atom stereocenters. The minimum absolute atomic E-state index is 0.745. The van der Waals surface area contributed by atoms with E-state index in [1.54, 1.807) is 11.8 Å². The fourth-order valence-corrected chi connectivity index (χ4v) is 0.723. The molecule has 54 valence electrons. The van der Waals surface area contributed by atoms with Crippen molar-refractivity contribution in [3.63, 3.8) is 0 Å². The monoisotopic (exact) mass is 154 g/mol. The largest absolute Gasteiger partial charge is 0.369 e. The average Bonchev–Trinajstić information content (AvgIpc) is 1.98. The molecule has 0 aliphatic heterocycles. The van der Waals surface area contributed by atoms with Crippen LogP contribution in [0.3, 0.4) is 0 Å². The third kappa shape index (κ3) is 5.56. The molecule has 0 fully saturated rings. The summed E-state index contributed by atoms with van der Waals surface area (Å²) in [5.74, 6) is 9.18. The van der Waals surface area contributed by atoms with Crippen molar-refractivity contribution in [2.24, 2.45) is 0 Å². The second-order valence-corrected chi connectivity index (χ2v) is 2.80. The van der Waals surface area contributed by atoms with Gasteiger partial charge in [-0.2, -0.15) is 0 Å². The number of hydrogen-bond acceptors (Lipinski definition) is 2. The molecule has 0 aromatic carbocycles. The van der Waals surface area contributed by atoms with Gasteiger partial charge in [-0.15, -0.1) is 18.2 Å². The first-order chi connectivity index (χ1) is 4.81. The number of thioether (sulfide) groups is 1. The number of aliphatic hydroxyl groups is 1. The Morgan fingerprint density at radius 3 is 2.90 bits per heavy atom. The van der Waals surface area contributed by atoms with Crippen LogP contribution in [-0.2, 0) is 0 Å². The number of hydrogen-bond donors (Lipinski definition) is 1. The Hall–Kier alpha value is -0.570. The predicted molar refractivity (Wildman–Crippen MR) is 45.6 cm³/mol. The molecule has 0 aromatic rings. The molecule has 1 unspecified atom stereocenters. The van der Waals surface area contributed by atoms with Gasteiger partial charge in [-0.05, 0) is 5.75 Å². The smallest absolute Gasteiger partial charge is 0.176 e. The van der Waals surface area contributed by atoms with E-state index in [1.807, 2.05) is 0 Å². The minimum atomic E-state index is -0.891. The average molecular weight is 154 g/mol. The lowest BCUT2D eigenvalue weighted by molar-refractivity contribution is 0.290. The van der Waals surface area contributed by atoms with E-state index in [-0.39, 0.29) is 0 Å². The van der Waals surface area contributed by atoms with Crippen LogP contribution < -0.4 is 0 Å². The lowest BCUT2D eigenvalue weighted by Crippen LogP contribution is -1.96. The summed E-state index contributed by atoms with van der Waals surface area (Å²) in [4.78, 5) is 0. The second kappa shape index (κ2) is 6.55. The van der Waals surface area contributed by atoms with E-state index in [4.69, 9.17) is 11.5 Å². The molecule has 2 heteroatoms. The van der Waals surface area contributed by atoms with Crippen molar-refractivity contribution in [3.05, 3.63) is 0 Å². The van der Waals surface area contributed by atoms with E-state index in [2.05, 4.69) is 24.7 Å². The summed E-state index contributed by atoms with van der Waals surface area (Å²) in [5.41, 5.74) is 0. The van der Waals surface area contributed by atoms with Crippen LogP contribution in [0, 0.1) is 24.2 Å². The van der Waals surface area contributed by atoms with Crippen LogP contribution in [0.1, 0.15) is 6.92 Å². The Labute approximate surface area is 66.2 Å². The summed E-state index contributed by atoms with van der Waals surface area (Å²) >= 11 is 1.71. The Morgan fingerprint density at radius 1 is 1.70 bits per heavy atom. The van der Waals surface area contributed by atoms with Crippen molar-refractivity contribution in [3.8, 4) is 24.2 Å². The van der Waals surface area contributed by atoms with Crippen LogP contribution in [0.25, 0.3) is 0 Å². The van der Waals surface area contributed by atoms with Gasteiger partial charge in [0.1, 0.15) is 0 Å². The van der Waals surface area contributed by atoms with Crippen LogP contribution in [0.15, 0.2) is 0 Å². The fourth-order valence-electron chi connectivity index (χ4n) is 0.333. The SMILES string of the molecule is C#CC(O)C#CCSCC. The predicted octanol–water partition coefficient (Wildman–Crippen LogP) is 0.737. The molecule has 1 N–H and O–H groups in total. The zero-order valence-corrected chi connectivity index (χ0v) is 6.74. The van der Waals surface area contributed by atoms with Gasteiger partial charge in [0, 0.05) is 0 Å². The Kier molecular flexibility index (Phi) is 6.18. The maximum Gasteiger partial charge on any atom is 0.176 e. The third-order valence-corrected chi connectivity index (χ3v) is 1.53. The molecule has 0 aliphatic rings. The van der Waals surface area contributed by atoms with Crippen molar-refractivity contribution in [1.82, 2.24) is 0 Å². The number of aliphatic hydroxyl groups excluding tert-OH is 1. The van der Waals surface area contributed by atoms with Crippen LogP contribution >= 0.6 is 11.8 Å². The van der Waals surface area contributed by atoms with Crippen molar-refractivity contribution in [1.29, 1.82) is 0 Å². The van der Waals surface area contributed by atoms with Gasteiger partial charge >= 0.3 is 0 Å². The number of rotatable bonds is 2. The molecular weight excluding hydrogens is 144 g/mol. The topological polar surface area (TPSA) is 20.2 Å². The second-order valence-electron chi connectivity index (χ2n) is 1.53.